The van der Waals surface area contributed by atoms with Gasteiger partial charge in [0, 0.05) is 36.4 Å². The van der Waals surface area contributed by atoms with E-state index in [1.807, 2.05) is 6.92 Å². The maximum Gasteiger partial charge on any atom is 0.327 e. The summed E-state index contributed by atoms with van der Waals surface area (Å²) in [4.78, 5) is 19.0. The van der Waals surface area contributed by atoms with Crippen molar-refractivity contribution >= 4 is 101 Å². The van der Waals surface area contributed by atoms with Crippen LogP contribution >= 0.6 is 101 Å². The van der Waals surface area contributed by atoms with Gasteiger partial charge in [0.15, 0.2) is 7.59 Å². The van der Waals surface area contributed by atoms with E-state index in [0.717, 1.165) is 0 Å². The highest BCUT2D eigenvalue weighted by molar-refractivity contribution is 7.39. The van der Waals surface area contributed by atoms with Crippen molar-refractivity contribution in [3.05, 3.63) is 0 Å². The Morgan fingerprint density at radius 2 is 1.25 bits per heavy atom. The summed E-state index contributed by atoms with van der Waals surface area (Å²) in [6, 6.07) is 0. The molecule has 0 aliphatic carbocycles. The van der Waals surface area contributed by atoms with Gasteiger partial charge in [-0.15, -0.1) is 23.2 Å². The van der Waals surface area contributed by atoms with E-state index in [4.69, 9.17) is 97.3 Å². The predicted octanol–water partition coefficient (Wildman–Crippen LogP) is 6.98. The highest BCUT2D eigenvalue weighted by atomic mass is 35.6. The zero-order valence-corrected chi connectivity index (χ0v) is 19.6. The molecule has 0 spiro atoms. The zero-order chi connectivity index (χ0) is 19.2. The Balaban J connectivity index is 5.98. The van der Waals surface area contributed by atoms with E-state index in [1.165, 1.54) is 0 Å². The first kappa shape index (κ1) is 26.6. The molecule has 2 atom stereocenters. The third kappa shape index (κ3) is 9.71. The van der Waals surface area contributed by atoms with E-state index < -0.39 is 33.6 Å². The first-order valence-corrected chi connectivity index (χ1v) is 11.4. The Labute approximate surface area is 184 Å². The molecule has 2 N–H and O–H groups in total. The van der Waals surface area contributed by atoms with Gasteiger partial charge in [0.1, 0.15) is 0 Å². The summed E-state index contributed by atoms with van der Waals surface area (Å²) in [7, 11) is -2.74. The minimum absolute atomic E-state index is 0.0115. The molecule has 146 valence electrons. The van der Waals surface area contributed by atoms with E-state index in [0.29, 0.717) is 12.8 Å². The summed E-state index contributed by atoms with van der Waals surface area (Å²) in [6.45, 7) is 1.89. The second-order valence-corrected chi connectivity index (χ2v) is 11.7. The lowest BCUT2D eigenvalue weighted by molar-refractivity contribution is -0.0511. The van der Waals surface area contributed by atoms with Crippen LogP contribution in [-0.4, -0.2) is 34.7 Å². The van der Waals surface area contributed by atoms with Crippen LogP contribution < -0.4 is 0 Å². The molecule has 0 saturated heterocycles. The Morgan fingerprint density at radius 1 is 0.875 bits per heavy atom. The van der Waals surface area contributed by atoms with Gasteiger partial charge in [-0.1, -0.05) is 83.0 Å². The molecule has 0 saturated carbocycles. The van der Waals surface area contributed by atoms with Gasteiger partial charge in [-0.2, -0.15) is 0 Å². The van der Waals surface area contributed by atoms with Gasteiger partial charge in [0.05, 0.1) is 5.60 Å². The third-order valence-corrected chi connectivity index (χ3v) is 5.78. The first-order valence-electron chi connectivity index (χ1n) is 6.93. The molecule has 3 nitrogen and oxygen atoms in total. The molecule has 0 aromatic heterocycles. The number of alkyl halides is 8. The fraction of sp³-hybridized carbons (Fsp3) is 1.00. The smallest absolute Gasteiger partial charge is 0.327 e. The first-order chi connectivity index (χ1) is 10.8. The summed E-state index contributed by atoms with van der Waals surface area (Å²) in [6.07, 6.45) is 1.00. The molecular formula is C12H19Cl8O3P. The molecule has 12 heteroatoms. The molecule has 0 bridgehead atoms. The van der Waals surface area contributed by atoms with Crippen molar-refractivity contribution in [2.45, 2.75) is 45.8 Å². The van der Waals surface area contributed by atoms with Gasteiger partial charge in [-0.05, 0) is 6.42 Å². The maximum atomic E-state index is 9.51. The lowest BCUT2D eigenvalue weighted by Gasteiger charge is -2.46. The number of hydrogen-bond donors (Lipinski definition) is 2. The van der Waals surface area contributed by atoms with E-state index in [-0.39, 0.29) is 24.6 Å². The minimum Gasteiger partial charge on any atom is -0.328 e. The topological polar surface area (TPSA) is 49.7 Å². The van der Waals surface area contributed by atoms with Crippen molar-refractivity contribution in [3.8, 4) is 0 Å². The molecule has 0 aliphatic heterocycles. The standard InChI is InChI=1S/C12H19Cl8O3P/c1-2-3-10(23-24(21)22,8(6-13)4-11(15,16)17)9(7-14)5-12(18,19)20/h8-9,21-22H,2-7H2,1H3. The van der Waals surface area contributed by atoms with Crippen molar-refractivity contribution < 1.29 is 14.3 Å². The summed E-state index contributed by atoms with van der Waals surface area (Å²) in [5.74, 6) is -1.06. The van der Waals surface area contributed by atoms with Crippen LogP contribution in [0, 0.1) is 11.8 Å². The molecule has 0 heterocycles. The van der Waals surface area contributed by atoms with E-state index in [1.54, 1.807) is 0 Å². The largest absolute Gasteiger partial charge is 0.328 e. The molecule has 0 aromatic rings. The Bertz CT molecular complexity index is 337. The number of hydrogen-bond acceptors (Lipinski definition) is 3. The Kier molecular flexibility index (Phi) is 12.9. The minimum atomic E-state index is -2.74. The lowest BCUT2D eigenvalue weighted by atomic mass is 9.73. The molecule has 24 heavy (non-hydrogen) atoms. The van der Waals surface area contributed by atoms with Crippen molar-refractivity contribution in [2.24, 2.45) is 11.8 Å². The second kappa shape index (κ2) is 11.6. The van der Waals surface area contributed by atoms with Crippen molar-refractivity contribution in [1.82, 2.24) is 0 Å². The fourth-order valence-electron chi connectivity index (χ4n) is 2.75. The molecule has 0 aliphatic rings. The summed E-state index contributed by atoms with van der Waals surface area (Å²) in [5.41, 5.74) is -1.22. The normalized spacial score (nSPS) is 18.5. The van der Waals surface area contributed by atoms with Crippen molar-refractivity contribution in [1.29, 1.82) is 0 Å². The SMILES string of the molecule is CCCC(OP(O)O)(C(CCl)CC(Cl)(Cl)Cl)C(CCl)CC(Cl)(Cl)Cl. The Hall–Kier alpha value is 2.63. The van der Waals surface area contributed by atoms with Gasteiger partial charge >= 0.3 is 8.60 Å². The van der Waals surface area contributed by atoms with Crippen LogP contribution in [0.3, 0.4) is 0 Å². The quantitative estimate of drug-likeness (QED) is 0.239. The molecule has 0 radical (unpaired) electrons. The van der Waals surface area contributed by atoms with E-state index >= 15 is 0 Å². The monoisotopic (exact) mass is 522 g/mol. The van der Waals surface area contributed by atoms with Crippen LogP contribution in [-0.2, 0) is 4.52 Å². The van der Waals surface area contributed by atoms with Gasteiger partial charge in [-0.25, -0.2) is 0 Å². The average Bonchev–Trinajstić information content (AvgIpc) is 2.39. The van der Waals surface area contributed by atoms with Gasteiger partial charge in [0.25, 0.3) is 0 Å². The molecule has 2 unspecified atom stereocenters. The van der Waals surface area contributed by atoms with Crippen LogP contribution in [0.1, 0.15) is 32.6 Å². The van der Waals surface area contributed by atoms with Crippen LogP contribution in [0.4, 0.5) is 0 Å². The molecule has 0 rings (SSSR count). The molecule has 0 aromatic carbocycles. The van der Waals surface area contributed by atoms with E-state index in [9.17, 15) is 9.79 Å². The van der Waals surface area contributed by atoms with Gasteiger partial charge in [0.2, 0.25) is 0 Å². The van der Waals surface area contributed by atoms with Gasteiger partial charge in [-0.3, -0.25) is 0 Å². The van der Waals surface area contributed by atoms with Crippen molar-refractivity contribution in [3.63, 3.8) is 0 Å². The highest BCUT2D eigenvalue weighted by Gasteiger charge is 2.50. The second-order valence-electron chi connectivity index (χ2n) is 5.39. The number of rotatable bonds is 10. The fourth-order valence-corrected chi connectivity index (χ4v) is 5.31. The molecule has 0 fully saturated rings. The molecule has 0 amide bonds. The molecular weight excluding hydrogens is 507 g/mol. The summed E-state index contributed by atoms with van der Waals surface area (Å²) >= 11 is 47.7. The van der Waals surface area contributed by atoms with Crippen molar-refractivity contribution in [2.75, 3.05) is 11.8 Å². The van der Waals surface area contributed by atoms with Crippen LogP contribution in [0.25, 0.3) is 0 Å². The summed E-state index contributed by atoms with van der Waals surface area (Å²) in [5, 5.41) is 0. The number of halogens is 8. The Morgan fingerprint density at radius 3 is 1.46 bits per heavy atom. The van der Waals surface area contributed by atoms with Crippen LogP contribution in [0.15, 0.2) is 0 Å². The lowest BCUT2D eigenvalue weighted by Crippen LogP contribution is -2.50. The average molecular weight is 526 g/mol. The van der Waals surface area contributed by atoms with Crippen LogP contribution in [0.5, 0.6) is 0 Å². The predicted molar refractivity (Wildman–Crippen MR) is 108 cm³/mol. The zero-order valence-electron chi connectivity index (χ0n) is 12.7. The van der Waals surface area contributed by atoms with E-state index in [2.05, 4.69) is 0 Å². The van der Waals surface area contributed by atoms with Crippen LogP contribution in [0.2, 0.25) is 0 Å². The summed E-state index contributed by atoms with van der Waals surface area (Å²) < 4.78 is 2.29. The highest BCUT2D eigenvalue weighted by Crippen LogP contribution is 2.52. The van der Waals surface area contributed by atoms with Gasteiger partial charge < -0.3 is 14.3 Å². The third-order valence-electron chi connectivity index (χ3n) is 3.60. The maximum absolute atomic E-state index is 9.51.